The zero-order valence-corrected chi connectivity index (χ0v) is 29.7. The van der Waals surface area contributed by atoms with Crippen LogP contribution in [0, 0.1) is 5.82 Å². The smallest absolute Gasteiger partial charge is 0.356 e. The quantitative estimate of drug-likeness (QED) is 0.0540. The Bertz CT molecular complexity index is 1400. The first-order chi connectivity index (χ1) is 23.4. The molecule has 0 saturated heterocycles. The van der Waals surface area contributed by atoms with Crippen molar-refractivity contribution < 1.29 is 27.5 Å². The second kappa shape index (κ2) is 23.7. The molecule has 2 heterocycles. The van der Waals surface area contributed by atoms with E-state index in [2.05, 4.69) is 21.9 Å². The Hall–Kier alpha value is -2.63. The van der Waals surface area contributed by atoms with Crippen LogP contribution in [0.15, 0.2) is 35.4 Å². The molecule has 3 rings (SSSR count). The third-order valence-corrected chi connectivity index (χ3v) is 9.79. The molecule has 48 heavy (non-hydrogen) atoms. The summed E-state index contributed by atoms with van der Waals surface area (Å²) in [6, 6.07) is 5.89. The summed E-state index contributed by atoms with van der Waals surface area (Å²) in [5, 5.41) is 0. The minimum atomic E-state index is -3.70. The van der Waals surface area contributed by atoms with Crippen LogP contribution in [-0.2, 0) is 36.2 Å². The summed E-state index contributed by atoms with van der Waals surface area (Å²) in [6.45, 7) is 3.52. The fraction of sp³-hybridized carbons (Fsp3) is 0.686. The van der Waals surface area contributed by atoms with Gasteiger partial charge in [-0.3, -0.25) is 14.3 Å². The summed E-state index contributed by atoms with van der Waals surface area (Å²) in [5.41, 5.74) is 6.23. The predicted octanol–water partition coefficient (Wildman–Crippen LogP) is 8.52. The highest BCUT2D eigenvalue weighted by molar-refractivity contribution is 7.53. The van der Waals surface area contributed by atoms with Gasteiger partial charge in [0, 0.05) is 13.2 Å². The number of unbranched alkanes of at least 4 members (excludes halogenated alkanes) is 15. The molecular weight excluding hydrogens is 636 g/mol. The maximum Gasteiger partial charge on any atom is 0.356 e. The molecule has 13 heteroatoms. The van der Waals surface area contributed by atoms with Crippen molar-refractivity contribution in [2.45, 2.75) is 123 Å². The van der Waals surface area contributed by atoms with Gasteiger partial charge in [-0.2, -0.15) is 4.98 Å². The summed E-state index contributed by atoms with van der Waals surface area (Å²) in [6.07, 6.45) is 22.2. The van der Waals surface area contributed by atoms with Crippen molar-refractivity contribution in [2.75, 3.05) is 38.5 Å². The van der Waals surface area contributed by atoms with Crippen molar-refractivity contribution >= 4 is 24.7 Å². The predicted molar refractivity (Wildman–Crippen MR) is 188 cm³/mol. The van der Waals surface area contributed by atoms with Crippen LogP contribution in [0.25, 0.3) is 11.2 Å². The number of ether oxygens (including phenoxy) is 2. The van der Waals surface area contributed by atoms with Crippen molar-refractivity contribution in [1.82, 2.24) is 19.5 Å². The van der Waals surface area contributed by atoms with Gasteiger partial charge in [-0.05, 0) is 24.1 Å². The molecule has 2 aromatic heterocycles. The number of nitrogens with zero attached hydrogens (tertiary/aromatic N) is 3. The van der Waals surface area contributed by atoms with Crippen molar-refractivity contribution in [1.29, 1.82) is 0 Å². The van der Waals surface area contributed by atoms with Gasteiger partial charge in [-0.1, -0.05) is 115 Å². The second-order valence-corrected chi connectivity index (χ2v) is 14.4. The molecule has 0 aliphatic heterocycles. The van der Waals surface area contributed by atoms with E-state index in [4.69, 9.17) is 24.3 Å². The second-order valence-electron chi connectivity index (χ2n) is 12.4. The summed E-state index contributed by atoms with van der Waals surface area (Å²) in [5.74, 6) is -0.429. The SMILES string of the molecule is CCCCCCCCCCCCCCCCCCOCCOP(=O)(COCCn1cnc2c(=O)[nH]c(N)nc21)OCc1cccc(F)c1. The maximum atomic E-state index is 13.6. The first-order valence-electron chi connectivity index (χ1n) is 17.9. The van der Waals surface area contributed by atoms with E-state index in [-0.39, 0.29) is 50.8 Å². The van der Waals surface area contributed by atoms with Crippen molar-refractivity contribution in [2.24, 2.45) is 0 Å². The van der Waals surface area contributed by atoms with E-state index < -0.39 is 19.0 Å². The van der Waals surface area contributed by atoms with Crippen LogP contribution in [0.4, 0.5) is 10.3 Å². The van der Waals surface area contributed by atoms with Crippen LogP contribution in [0.2, 0.25) is 0 Å². The number of anilines is 1. The largest absolute Gasteiger partial charge is 0.379 e. The van der Waals surface area contributed by atoms with Gasteiger partial charge in [-0.25, -0.2) is 9.37 Å². The van der Waals surface area contributed by atoms with Gasteiger partial charge in [0.1, 0.15) is 12.2 Å². The molecule has 270 valence electrons. The number of nitrogens with two attached hydrogens (primary N) is 1. The highest BCUT2D eigenvalue weighted by Crippen LogP contribution is 2.48. The van der Waals surface area contributed by atoms with Crippen molar-refractivity contribution in [3.63, 3.8) is 0 Å². The van der Waals surface area contributed by atoms with Crippen LogP contribution in [-0.4, -0.2) is 52.3 Å². The minimum Gasteiger partial charge on any atom is -0.379 e. The van der Waals surface area contributed by atoms with E-state index >= 15 is 0 Å². The van der Waals surface area contributed by atoms with E-state index in [9.17, 15) is 13.8 Å². The molecular formula is C35H57FN5O6P. The van der Waals surface area contributed by atoms with E-state index in [1.165, 1.54) is 108 Å². The first kappa shape index (κ1) is 39.8. The van der Waals surface area contributed by atoms with Crippen LogP contribution in [0.5, 0.6) is 0 Å². The molecule has 0 aliphatic rings. The fourth-order valence-corrected chi connectivity index (χ4v) is 6.75. The molecule has 0 fully saturated rings. The number of rotatable bonds is 29. The zero-order chi connectivity index (χ0) is 34.3. The van der Waals surface area contributed by atoms with E-state index in [0.717, 1.165) is 12.8 Å². The number of nitrogen functional groups attached to an aromatic ring is 1. The average molecular weight is 694 g/mol. The van der Waals surface area contributed by atoms with Crippen molar-refractivity contribution in [3.8, 4) is 0 Å². The van der Waals surface area contributed by atoms with Crippen LogP contribution in [0.3, 0.4) is 0 Å². The Morgan fingerprint density at radius 2 is 1.48 bits per heavy atom. The lowest BCUT2D eigenvalue weighted by atomic mass is 10.0. The van der Waals surface area contributed by atoms with Gasteiger partial charge in [0.25, 0.3) is 5.56 Å². The normalized spacial score (nSPS) is 13.0. The van der Waals surface area contributed by atoms with E-state index in [1.807, 2.05) is 0 Å². The fourth-order valence-electron chi connectivity index (χ4n) is 5.47. The number of nitrogens with one attached hydrogen (secondary N) is 1. The Morgan fingerprint density at radius 3 is 2.12 bits per heavy atom. The molecule has 0 amide bonds. The monoisotopic (exact) mass is 693 g/mol. The highest BCUT2D eigenvalue weighted by Gasteiger charge is 2.25. The third kappa shape index (κ3) is 16.2. The van der Waals surface area contributed by atoms with Gasteiger partial charge in [-0.15, -0.1) is 0 Å². The first-order valence-corrected chi connectivity index (χ1v) is 19.6. The van der Waals surface area contributed by atoms with Gasteiger partial charge < -0.3 is 28.8 Å². The minimum absolute atomic E-state index is 0.0177. The number of aromatic amines is 1. The molecule has 3 N–H and O–H groups in total. The summed E-state index contributed by atoms with van der Waals surface area (Å²) >= 11 is 0. The summed E-state index contributed by atoms with van der Waals surface area (Å²) in [7, 11) is -3.70. The number of H-pyrrole nitrogens is 1. The molecule has 0 aliphatic carbocycles. The standard InChI is InChI=1S/C35H57FN5O6P/c1-2-3-4-5-6-7-8-9-10-11-12-13-14-15-16-17-22-44-24-25-46-48(43,47-27-30-19-18-20-31(36)26-30)29-45-23-21-41-28-38-32-33(41)39-35(37)40-34(32)42/h18-20,26,28H,2-17,21-25,27,29H2,1H3,(H3,37,39,40,42). The molecule has 0 bridgehead atoms. The zero-order valence-electron chi connectivity index (χ0n) is 28.8. The van der Waals surface area contributed by atoms with Gasteiger partial charge in [0.15, 0.2) is 11.2 Å². The highest BCUT2D eigenvalue weighted by atomic mass is 31.2. The molecule has 1 unspecified atom stereocenters. The third-order valence-electron chi connectivity index (χ3n) is 8.19. The lowest BCUT2D eigenvalue weighted by molar-refractivity contribution is 0.0756. The van der Waals surface area contributed by atoms with Crippen LogP contribution in [0.1, 0.15) is 115 Å². The van der Waals surface area contributed by atoms with Gasteiger partial charge in [0.05, 0.1) is 32.8 Å². The number of halogens is 1. The van der Waals surface area contributed by atoms with Crippen LogP contribution >= 0.6 is 7.60 Å². The number of benzene rings is 1. The molecule has 0 spiro atoms. The lowest BCUT2D eigenvalue weighted by Crippen LogP contribution is -2.14. The molecule has 1 atom stereocenters. The van der Waals surface area contributed by atoms with Gasteiger partial charge in [0.2, 0.25) is 5.95 Å². The van der Waals surface area contributed by atoms with Gasteiger partial charge >= 0.3 is 7.60 Å². The molecule has 1 aromatic carbocycles. The van der Waals surface area contributed by atoms with Crippen LogP contribution < -0.4 is 11.3 Å². The lowest BCUT2D eigenvalue weighted by Gasteiger charge is -2.19. The Balaban J connectivity index is 1.26. The summed E-state index contributed by atoms with van der Waals surface area (Å²) < 4.78 is 51.4. The van der Waals surface area contributed by atoms with E-state index in [1.54, 1.807) is 16.7 Å². The maximum absolute atomic E-state index is 13.6. The number of hydrogen-bond acceptors (Lipinski definition) is 9. The van der Waals surface area contributed by atoms with Crippen molar-refractivity contribution in [3.05, 3.63) is 52.3 Å². The average Bonchev–Trinajstić information content (AvgIpc) is 3.48. The number of hydrogen-bond donors (Lipinski definition) is 2. The number of fused-ring (bicyclic) bond motifs is 1. The van der Waals surface area contributed by atoms with E-state index in [0.29, 0.717) is 17.8 Å². The molecule has 0 radical (unpaired) electrons. The number of imidazole rings is 1. The number of aromatic nitrogens is 4. The molecule has 3 aromatic rings. The Morgan fingerprint density at radius 1 is 0.833 bits per heavy atom. The topological polar surface area (TPSA) is 144 Å². The molecule has 0 saturated carbocycles. The molecule has 11 nitrogen and oxygen atoms in total. The summed E-state index contributed by atoms with van der Waals surface area (Å²) in [4.78, 5) is 22.6. The Labute approximate surface area is 285 Å². The Kier molecular flexibility index (Phi) is 19.6.